The quantitative estimate of drug-likeness (QED) is 0.288. The van der Waals surface area contributed by atoms with E-state index in [1.54, 1.807) is 22.9 Å². The third-order valence-corrected chi connectivity index (χ3v) is 7.02. The van der Waals surface area contributed by atoms with E-state index in [9.17, 15) is 4.79 Å². The van der Waals surface area contributed by atoms with Crippen molar-refractivity contribution in [2.24, 2.45) is 0 Å². The molecule has 0 spiro atoms. The molecule has 188 valence electrons. The number of carbonyl (C=O) groups excluding carboxylic acids is 1. The van der Waals surface area contributed by atoms with E-state index >= 15 is 0 Å². The van der Waals surface area contributed by atoms with Crippen molar-refractivity contribution < 1.29 is 9.53 Å². The first-order valence-electron chi connectivity index (χ1n) is 11.7. The third kappa shape index (κ3) is 5.05. The number of hydrogen-bond donors (Lipinski definition) is 2. The highest BCUT2D eigenvalue weighted by Crippen LogP contribution is 2.36. The van der Waals surface area contributed by atoms with Gasteiger partial charge in [0, 0.05) is 27.0 Å². The Bertz CT molecular complexity index is 1490. The monoisotopic (exact) mass is 533 g/mol. The first-order valence-corrected chi connectivity index (χ1v) is 12.5. The van der Waals surface area contributed by atoms with Crippen LogP contribution in [-0.2, 0) is 11.4 Å². The molecule has 0 radical (unpaired) electrons. The normalized spacial score (nSPS) is 14.7. The minimum absolute atomic E-state index is 0.211. The van der Waals surface area contributed by atoms with E-state index in [2.05, 4.69) is 20.7 Å². The van der Waals surface area contributed by atoms with E-state index in [1.807, 2.05) is 63.2 Å². The van der Waals surface area contributed by atoms with Crippen molar-refractivity contribution in [3.05, 3.63) is 111 Å². The number of fused-ring (bicyclic) bond motifs is 1. The smallest absolute Gasteiger partial charge is 0.255 e. The number of allylic oxidation sites excluding steroid dienone is 1. The first-order chi connectivity index (χ1) is 17.8. The van der Waals surface area contributed by atoms with Crippen molar-refractivity contribution in [2.45, 2.75) is 33.4 Å². The number of amides is 1. The summed E-state index contributed by atoms with van der Waals surface area (Å²) in [5.41, 5.74) is 5.74. The van der Waals surface area contributed by atoms with Crippen LogP contribution < -0.4 is 15.4 Å². The first kappa shape index (κ1) is 24.9. The molecule has 0 saturated carbocycles. The van der Waals surface area contributed by atoms with E-state index in [-0.39, 0.29) is 12.5 Å². The molecule has 5 rings (SSSR count). The molecule has 1 atom stereocenters. The Hall–Kier alpha value is -3.81. The van der Waals surface area contributed by atoms with Crippen molar-refractivity contribution in [1.29, 1.82) is 0 Å². The summed E-state index contributed by atoms with van der Waals surface area (Å²) >= 11 is 12.5. The van der Waals surface area contributed by atoms with E-state index < -0.39 is 6.04 Å². The number of benzene rings is 3. The predicted molar refractivity (Wildman–Crippen MR) is 146 cm³/mol. The molecule has 37 heavy (non-hydrogen) atoms. The Morgan fingerprint density at radius 3 is 2.49 bits per heavy atom. The number of nitrogens with one attached hydrogen (secondary N) is 2. The molecule has 1 aromatic heterocycles. The maximum Gasteiger partial charge on any atom is 0.255 e. The fourth-order valence-corrected chi connectivity index (χ4v) is 4.92. The van der Waals surface area contributed by atoms with Crippen molar-refractivity contribution in [1.82, 2.24) is 14.8 Å². The minimum atomic E-state index is -0.475. The second-order valence-corrected chi connectivity index (χ2v) is 9.74. The van der Waals surface area contributed by atoms with E-state index in [4.69, 9.17) is 27.9 Å². The zero-order valence-electron chi connectivity index (χ0n) is 20.5. The zero-order valence-corrected chi connectivity index (χ0v) is 22.1. The number of carbonyl (C=O) groups is 1. The molecule has 3 aromatic carbocycles. The fourth-order valence-electron chi connectivity index (χ4n) is 4.41. The fraction of sp³-hybridized carbons (Fsp3) is 0.179. The average Bonchev–Trinajstić information content (AvgIpc) is 3.33. The van der Waals surface area contributed by atoms with Crippen LogP contribution in [0.3, 0.4) is 0 Å². The van der Waals surface area contributed by atoms with Gasteiger partial charge >= 0.3 is 0 Å². The molecule has 2 heterocycles. The minimum Gasteiger partial charge on any atom is -0.489 e. The van der Waals surface area contributed by atoms with Crippen LogP contribution >= 0.6 is 23.2 Å². The number of ether oxygens (including phenoxy) is 1. The topological polar surface area (TPSA) is 81.1 Å². The summed E-state index contributed by atoms with van der Waals surface area (Å²) in [7, 11) is 0. The van der Waals surface area contributed by atoms with Crippen LogP contribution in [0.2, 0.25) is 10.0 Å². The van der Waals surface area contributed by atoms with Crippen LogP contribution in [0.1, 0.15) is 35.2 Å². The Labute approximate surface area is 225 Å². The molecule has 0 saturated heterocycles. The second kappa shape index (κ2) is 10.3. The molecule has 9 heteroatoms. The molecule has 0 unspecified atom stereocenters. The summed E-state index contributed by atoms with van der Waals surface area (Å²) in [5.74, 6) is 1.01. The van der Waals surface area contributed by atoms with Gasteiger partial charge in [-0.15, -0.1) is 0 Å². The number of nitrogens with zero attached hydrogens (tertiary/aromatic N) is 3. The third-order valence-electron chi connectivity index (χ3n) is 6.31. The van der Waals surface area contributed by atoms with Gasteiger partial charge in [-0.3, -0.25) is 4.79 Å². The molecule has 0 bridgehead atoms. The maximum atomic E-state index is 13.6. The molecule has 0 aliphatic carbocycles. The Morgan fingerprint density at radius 2 is 1.78 bits per heavy atom. The SMILES string of the molecule is CC1=C(C(=O)Nc2ccc(C)cc2C)[C@H](c2ccc(OCc3c(Cl)cccc3Cl)cc2)n2ncnc2N1. The number of halogens is 2. The van der Waals surface area contributed by atoms with Gasteiger partial charge in [0.25, 0.3) is 5.91 Å². The van der Waals surface area contributed by atoms with E-state index in [0.717, 1.165) is 27.9 Å². The molecule has 7 nitrogen and oxygen atoms in total. The van der Waals surface area contributed by atoms with Crippen LogP contribution in [0.15, 0.2) is 78.3 Å². The molecule has 1 aliphatic rings. The lowest BCUT2D eigenvalue weighted by molar-refractivity contribution is -0.113. The predicted octanol–water partition coefficient (Wildman–Crippen LogP) is 6.71. The highest BCUT2D eigenvalue weighted by molar-refractivity contribution is 6.35. The van der Waals surface area contributed by atoms with E-state index in [1.165, 1.54) is 6.33 Å². The summed E-state index contributed by atoms with van der Waals surface area (Å²) in [6, 6.07) is 18.4. The summed E-state index contributed by atoms with van der Waals surface area (Å²) in [4.78, 5) is 17.9. The molecular formula is C28H25Cl2N5O2. The van der Waals surface area contributed by atoms with Gasteiger partial charge < -0.3 is 15.4 Å². The summed E-state index contributed by atoms with van der Waals surface area (Å²) < 4.78 is 7.65. The van der Waals surface area contributed by atoms with Gasteiger partial charge in [-0.25, -0.2) is 4.68 Å². The Morgan fingerprint density at radius 1 is 1.05 bits per heavy atom. The number of hydrogen-bond acceptors (Lipinski definition) is 5. The van der Waals surface area contributed by atoms with Gasteiger partial charge in [0.1, 0.15) is 24.7 Å². The summed E-state index contributed by atoms with van der Waals surface area (Å²) in [6.45, 7) is 6.10. The zero-order chi connectivity index (χ0) is 26.1. The standard InChI is InChI=1S/C28H25Cl2N5O2/c1-16-7-12-24(17(2)13-16)34-27(36)25-18(3)33-28-31-15-32-35(28)26(25)19-8-10-20(11-9-19)37-14-21-22(29)5-4-6-23(21)30/h4-13,15,26H,14H2,1-3H3,(H,34,36)(H,31,32,33)/t26-/m0/s1. The lowest BCUT2D eigenvalue weighted by atomic mass is 9.94. The maximum absolute atomic E-state index is 13.6. The van der Waals surface area contributed by atoms with Crippen LogP contribution in [0, 0.1) is 13.8 Å². The molecule has 4 aromatic rings. The van der Waals surface area contributed by atoms with Crippen LogP contribution in [0.5, 0.6) is 5.75 Å². The van der Waals surface area contributed by atoms with Gasteiger partial charge in [-0.05, 0) is 62.2 Å². The van der Waals surface area contributed by atoms with Gasteiger partial charge in [0.2, 0.25) is 5.95 Å². The lowest BCUT2D eigenvalue weighted by Crippen LogP contribution is -2.31. The summed E-state index contributed by atoms with van der Waals surface area (Å²) in [5, 5.41) is 11.8. The van der Waals surface area contributed by atoms with Crippen molar-refractivity contribution in [3.63, 3.8) is 0 Å². The highest BCUT2D eigenvalue weighted by atomic mass is 35.5. The van der Waals surface area contributed by atoms with Crippen molar-refractivity contribution in [3.8, 4) is 5.75 Å². The van der Waals surface area contributed by atoms with Crippen molar-refractivity contribution in [2.75, 3.05) is 10.6 Å². The second-order valence-electron chi connectivity index (χ2n) is 8.92. The van der Waals surface area contributed by atoms with Crippen LogP contribution in [-0.4, -0.2) is 20.7 Å². The lowest BCUT2D eigenvalue weighted by Gasteiger charge is -2.29. The molecule has 0 fully saturated rings. The summed E-state index contributed by atoms with van der Waals surface area (Å²) in [6.07, 6.45) is 1.47. The van der Waals surface area contributed by atoms with Gasteiger partial charge in [0.05, 0.1) is 5.57 Å². The number of aromatic nitrogens is 3. The van der Waals surface area contributed by atoms with Crippen LogP contribution in [0.4, 0.5) is 11.6 Å². The van der Waals surface area contributed by atoms with Gasteiger partial charge in [0.15, 0.2) is 0 Å². The Kier molecular flexibility index (Phi) is 6.91. The van der Waals surface area contributed by atoms with Crippen molar-refractivity contribution >= 4 is 40.7 Å². The number of aryl methyl sites for hydroxylation is 2. The van der Waals surface area contributed by atoms with Gasteiger partial charge in [-0.1, -0.05) is 59.1 Å². The number of anilines is 2. The number of rotatable bonds is 6. The molecule has 1 amide bonds. The average molecular weight is 534 g/mol. The van der Waals surface area contributed by atoms with E-state index in [0.29, 0.717) is 33.0 Å². The Balaban J connectivity index is 1.42. The molecule has 2 N–H and O–H groups in total. The highest BCUT2D eigenvalue weighted by Gasteiger charge is 2.33. The molecular weight excluding hydrogens is 509 g/mol. The molecule has 1 aliphatic heterocycles. The van der Waals surface area contributed by atoms with Crippen LogP contribution in [0.25, 0.3) is 0 Å². The van der Waals surface area contributed by atoms with Gasteiger partial charge in [-0.2, -0.15) is 10.1 Å². The largest absolute Gasteiger partial charge is 0.489 e.